The zero-order chi connectivity index (χ0) is 19.2. The maximum absolute atomic E-state index is 11.9. The van der Waals surface area contributed by atoms with Crippen molar-refractivity contribution < 1.29 is 19.1 Å². The van der Waals surface area contributed by atoms with Gasteiger partial charge < -0.3 is 26.3 Å². The Balaban J connectivity index is 2.13. The van der Waals surface area contributed by atoms with Gasteiger partial charge in [0.25, 0.3) is 0 Å². The third-order valence-corrected chi connectivity index (χ3v) is 4.00. The number of ether oxygens (including phenoxy) is 2. The lowest BCUT2D eigenvalue weighted by Crippen LogP contribution is -2.44. The van der Waals surface area contributed by atoms with Gasteiger partial charge in [-0.2, -0.15) is 0 Å². The molecule has 0 aliphatic rings. The Hall–Kier alpha value is -2.28. The number of benzene rings is 1. The smallest absolute Gasteiger partial charge is 0.239 e. The molecule has 0 saturated heterocycles. The average molecular weight is 365 g/mol. The molecule has 26 heavy (non-hydrogen) atoms. The highest BCUT2D eigenvalue weighted by Gasteiger charge is 2.17. The van der Waals surface area contributed by atoms with Crippen LogP contribution in [0.4, 0.5) is 0 Å². The molecule has 0 saturated carbocycles. The molecule has 0 heterocycles. The minimum absolute atomic E-state index is 0.141. The summed E-state index contributed by atoms with van der Waals surface area (Å²) in [5.74, 6) is 0.951. The highest BCUT2D eigenvalue weighted by Crippen LogP contribution is 2.17. The predicted octanol–water partition coefficient (Wildman–Crippen LogP) is 1.73. The second kappa shape index (κ2) is 13.0. The number of hydrogen-bond donors (Lipinski definition) is 3. The summed E-state index contributed by atoms with van der Waals surface area (Å²) in [7, 11) is 1.62. The van der Waals surface area contributed by atoms with Crippen molar-refractivity contribution in [2.75, 3.05) is 20.3 Å². The number of amides is 2. The Bertz CT molecular complexity index is 534. The van der Waals surface area contributed by atoms with Crippen LogP contribution in [0.2, 0.25) is 0 Å². The van der Waals surface area contributed by atoms with Crippen LogP contribution in [0.25, 0.3) is 0 Å². The fourth-order valence-electron chi connectivity index (χ4n) is 2.47. The second-order valence-corrected chi connectivity index (χ2v) is 6.14. The van der Waals surface area contributed by atoms with Gasteiger partial charge in [0.05, 0.1) is 13.7 Å². The van der Waals surface area contributed by atoms with Gasteiger partial charge >= 0.3 is 0 Å². The molecule has 7 nitrogen and oxygen atoms in total. The van der Waals surface area contributed by atoms with Crippen molar-refractivity contribution in [2.45, 2.75) is 51.0 Å². The third-order valence-electron chi connectivity index (χ3n) is 4.00. The standard InChI is InChI=1S/C19H31N3O4/c1-25-15-9-11-16(12-10-15)26-14-6-2-3-8-18(23)22-17(19(21)24)7-4-5-13-20/h9-12,17H,2-8,13-14,20H2,1H3,(H2,21,24)(H,22,23). The fraction of sp³-hybridized carbons (Fsp3) is 0.579. The van der Waals surface area contributed by atoms with Gasteiger partial charge in [-0.05, 0) is 69.3 Å². The average Bonchev–Trinajstić information content (AvgIpc) is 2.64. The molecule has 0 fully saturated rings. The summed E-state index contributed by atoms with van der Waals surface area (Å²) in [4.78, 5) is 23.3. The molecular formula is C19H31N3O4. The number of methoxy groups -OCH3 is 1. The van der Waals surface area contributed by atoms with Gasteiger partial charge in [0.2, 0.25) is 11.8 Å². The molecule has 1 aromatic carbocycles. The van der Waals surface area contributed by atoms with Crippen molar-refractivity contribution in [1.82, 2.24) is 5.32 Å². The lowest BCUT2D eigenvalue weighted by Gasteiger charge is -2.15. The number of carbonyl (C=O) groups is 2. The summed E-state index contributed by atoms with van der Waals surface area (Å²) in [6.07, 6.45) is 4.97. The van der Waals surface area contributed by atoms with E-state index in [0.29, 0.717) is 26.0 Å². The van der Waals surface area contributed by atoms with E-state index in [-0.39, 0.29) is 5.91 Å². The Labute approximate surface area is 155 Å². The van der Waals surface area contributed by atoms with Gasteiger partial charge in [0, 0.05) is 6.42 Å². The number of nitrogens with two attached hydrogens (primary N) is 2. The fourth-order valence-corrected chi connectivity index (χ4v) is 2.47. The van der Waals surface area contributed by atoms with E-state index >= 15 is 0 Å². The summed E-state index contributed by atoms with van der Waals surface area (Å²) >= 11 is 0. The Kier molecular flexibility index (Phi) is 10.9. The van der Waals surface area contributed by atoms with Crippen LogP contribution in [-0.2, 0) is 9.59 Å². The number of rotatable bonds is 14. The largest absolute Gasteiger partial charge is 0.497 e. The molecule has 0 bridgehead atoms. The first-order valence-electron chi connectivity index (χ1n) is 9.12. The van der Waals surface area contributed by atoms with E-state index in [4.69, 9.17) is 20.9 Å². The van der Waals surface area contributed by atoms with E-state index in [1.54, 1.807) is 7.11 Å². The first-order valence-corrected chi connectivity index (χ1v) is 9.12. The maximum Gasteiger partial charge on any atom is 0.239 e. The molecule has 0 spiro atoms. The minimum atomic E-state index is -0.604. The summed E-state index contributed by atoms with van der Waals surface area (Å²) in [5, 5.41) is 2.71. The maximum atomic E-state index is 11.9. The van der Waals surface area contributed by atoms with Crippen LogP contribution >= 0.6 is 0 Å². The summed E-state index contributed by atoms with van der Waals surface area (Å²) in [6, 6.07) is 6.82. The zero-order valence-electron chi connectivity index (χ0n) is 15.5. The van der Waals surface area contributed by atoms with Crippen molar-refractivity contribution in [3.63, 3.8) is 0 Å². The second-order valence-electron chi connectivity index (χ2n) is 6.14. The van der Waals surface area contributed by atoms with Crippen LogP contribution in [0, 0.1) is 0 Å². The van der Waals surface area contributed by atoms with E-state index in [9.17, 15) is 9.59 Å². The van der Waals surface area contributed by atoms with Gasteiger partial charge in [-0.3, -0.25) is 9.59 Å². The number of carbonyl (C=O) groups excluding carboxylic acids is 2. The van der Waals surface area contributed by atoms with Crippen molar-refractivity contribution >= 4 is 11.8 Å². The molecule has 5 N–H and O–H groups in total. The lowest BCUT2D eigenvalue weighted by molar-refractivity contribution is -0.127. The number of hydrogen-bond acceptors (Lipinski definition) is 5. The molecule has 0 aromatic heterocycles. The van der Waals surface area contributed by atoms with E-state index in [2.05, 4.69) is 5.32 Å². The van der Waals surface area contributed by atoms with Gasteiger partial charge in [0.15, 0.2) is 0 Å². The third kappa shape index (κ3) is 9.27. The molecule has 2 amide bonds. The van der Waals surface area contributed by atoms with Crippen molar-refractivity contribution in [3.8, 4) is 11.5 Å². The van der Waals surface area contributed by atoms with Gasteiger partial charge in [-0.1, -0.05) is 0 Å². The molecule has 1 unspecified atom stereocenters. The quantitative estimate of drug-likeness (QED) is 0.434. The van der Waals surface area contributed by atoms with Crippen LogP contribution in [0.3, 0.4) is 0 Å². The van der Waals surface area contributed by atoms with Gasteiger partial charge in [0.1, 0.15) is 17.5 Å². The van der Waals surface area contributed by atoms with Crippen LogP contribution < -0.4 is 26.3 Å². The zero-order valence-corrected chi connectivity index (χ0v) is 15.5. The van der Waals surface area contributed by atoms with Crippen LogP contribution in [-0.4, -0.2) is 38.1 Å². The summed E-state index contributed by atoms with van der Waals surface area (Å²) in [6.45, 7) is 1.16. The van der Waals surface area contributed by atoms with Crippen molar-refractivity contribution in [3.05, 3.63) is 24.3 Å². The highest BCUT2D eigenvalue weighted by atomic mass is 16.5. The highest BCUT2D eigenvalue weighted by molar-refractivity contribution is 5.86. The molecule has 7 heteroatoms. The van der Waals surface area contributed by atoms with E-state index in [0.717, 1.165) is 43.6 Å². The SMILES string of the molecule is COc1ccc(OCCCCCC(=O)NC(CCCCN)C(N)=O)cc1. The molecule has 0 aliphatic heterocycles. The molecule has 0 aliphatic carbocycles. The van der Waals surface area contributed by atoms with E-state index in [1.807, 2.05) is 24.3 Å². The normalized spacial score (nSPS) is 11.6. The van der Waals surface area contributed by atoms with Crippen molar-refractivity contribution in [1.29, 1.82) is 0 Å². The number of nitrogens with one attached hydrogen (secondary N) is 1. The van der Waals surface area contributed by atoms with Crippen molar-refractivity contribution in [2.24, 2.45) is 11.5 Å². The topological polar surface area (TPSA) is 117 Å². The lowest BCUT2D eigenvalue weighted by atomic mass is 10.1. The van der Waals surface area contributed by atoms with Crippen LogP contribution in [0.15, 0.2) is 24.3 Å². The Morgan fingerprint density at radius 1 is 1.04 bits per heavy atom. The first kappa shape index (κ1) is 21.8. The van der Waals surface area contributed by atoms with E-state index < -0.39 is 11.9 Å². The van der Waals surface area contributed by atoms with E-state index in [1.165, 1.54) is 0 Å². The molecule has 1 aromatic rings. The predicted molar refractivity (Wildman–Crippen MR) is 101 cm³/mol. The molecule has 146 valence electrons. The monoisotopic (exact) mass is 365 g/mol. The summed E-state index contributed by atoms with van der Waals surface area (Å²) < 4.78 is 10.7. The van der Waals surface area contributed by atoms with Crippen LogP contribution in [0.5, 0.6) is 11.5 Å². The number of unbranched alkanes of at least 4 members (excludes halogenated alkanes) is 3. The summed E-state index contributed by atoms with van der Waals surface area (Å²) in [5.41, 5.74) is 10.8. The molecule has 0 radical (unpaired) electrons. The van der Waals surface area contributed by atoms with Crippen LogP contribution in [0.1, 0.15) is 44.9 Å². The van der Waals surface area contributed by atoms with Gasteiger partial charge in [-0.25, -0.2) is 0 Å². The minimum Gasteiger partial charge on any atom is -0.497 e. The number of primary amides is 1. The molecule has 1 rings (SSSR count). The molecular weight excluding hydrogens is 334 g/mol. The van der Waals surface area contributed by atoms with Gasteiger partial charge in [-0.15, -0.1) is 0 Å². The first-order chi connectivity index (χ1) is 12.6. The Morgan fingerprint density at radius 2 is 1.73 bits per heavy atom. The Morgan fingerprint density at radius 3 is 2.35 bits per heavy atom. The molecule has 1 atom stereocenters.